The first-order valence-electron chi connectivity index (χ1n) is 9.59. The first-order valence-corrected chi connectivity index (χ1v) is 9.59. The monoisotopic (exact) mass is 371 g/mol. The molecule has 2 aliphatic rings. The van der Waals surface area contributed by atoms with E-state index >= 15 is 0 Å². The maximum Gasteiger partial charge on any atom is 0.336 e. The molecule has 1 saturated heterocycles. The molecule has 1 aromatic heterocycles. The lowest BCUT2D eigenvalue weighted by Crippen LogP contribution is -2.51. The SMILES string of the molecule is CCOCC1(CN2CCCC2)COc2ccc3c(C)cc(=O)oc3c2C1=O. The molecule has 0 spiro atoms. The van der Waals surface area contributed by atoms with E-state index in [0.717, 1.165) is 36.9 Å². The molecular weight excluding hydrogens is 346 g/mol. The molecule has 2 aliphatic heterocycles. The van der Waals surface area contributed by atoms with Gasteiger partial charge in [-0.05, 0) is 57.5 Å². The number of hydrogen-bond acceptors (Lipinski definition) is 6. The van der Waals surface area contributed by atoms with Gasteiger partial charge in [-0.25, -0.2) is 4.79 Å². The predicted molar refractivity (Wildman–Crippen MR) is 102 cm³/mol. The normalized spacial score (nSPS) is 22.8. The third-order valence-electron chi connectivity index (χ3n) is 5.60. The lowest BCUT2D eigenvalue weighted by molar-refractivity contribution is 0.000501. The van der Waals surface area contributed by atoms with Gasteiger partial charge in [0.15, 0.2) is 11.4 Å². The van der Waals surface area contributed by atoms with E-state index < -0.39 is 11.0 Å². The number of ketones is 1. The van der Waals surface area contributed by atoms with Crippen LogP contribution < -0.4 is 10.4 Å². The van der Waals surface area contributed by atoms with Gasteiger partial charge in [0.1, 0.15) is 23.3 Å². The molecule has 27 heavy (non-hydrogen) atoms. The average Bonchev–Trinajstić information content (AvgIpc) is 3.15. The van der Waals surface area contributed by atoms with Crippen LogP contribution in [0.25, 0.3) is 11.0 Å². The van der Waals surface area contributed by atoms with Crippen LogP contribution in [0.4, 0.5) is 0 Å². The van der Waals surface area contributed by atoms with E-state index in [0.29, 0.717) is 36.7 Å². The summed E-state index contributed by atoms with van der Waals surface area (Å²) < 4.78 is 17.2. The van der Waals surface area contributed by atoms with E-state index in [4.69, 9.17) is 13.9 Å². The van der Waals surface area contributed by atoms with E-state index in [2.05, 4.69) is 4.90 Å². The van der Waals surface area contributed by atoms with Crippen LogP contribution in [0.2, 0.25) is 0 Å². The molecule has 1 unspecified atom stereocenters. The van der Waals surface area contributed by atoms with Crippen molar-refractivity contribution in [2.45, 2.75) is 26.7 Å². The van der Waals surface area contributed by atoms with E-state index in [9.17, 15) is 9.59 Å². The van der Waals surface area contributed by atoms with Gasteiger partial charge in [0.05, 0.1) is 6.61 Å². The number of aryl methyl sites for hydroxylation is 1. The third-order valence-corrected chi connectivity index (χ3v) is 5.60. The number of hydrogen-bond donors (Lipinski definition) is 0. The second-order valence-corrected chi connectivity index (χ2v) is 7.58. The van der Waals surface area contributed by atoms with Crippen LogP contribution in [0.1, 0.15) is 35.7 Å². The van der Waals surface area contributed by atoms with Gasteiger partial charge in [-0.2, -0.15) is 0 Å². The van der Waals surface area contributed by atoms with Gasteiger partial charge in [0.2, 0.25) is 0 Å². The zero-order valence-corrected chi connectivity index (χ0v) is 15.9. The largest absolute Gasteiger partial charge is 0.491 e. The predicted octanol–water partition coefficient (Wildman–Crippen LogP) is 2.80. The number of fused-ring (bicyclic) bond motifs is 3. The third kappa shape index (κ3) is 3.17. The Labute approximate surface area is 158 Å². The van der Waals surface area contributed by atoms with Crippen LogP contribution in [-0.4, -0.2) is 50.1 Å². The molecule has 2 aromatic rings. The highest BCUT2D eigenvalue weighted by atomic mass is 16.5. The van der Waals surface area contributed by atoms with Gasteiger partial charge in [-0.3, -0.25) is 4.79 Å². The molecule has 3 heterocycles. The molecule has 1 atom stereocenters. The Morgan fingerprint density at radius 2 is 2.00 bits per heavy atom. The fourth-order valence-electron chi connectivity index (χ4n) is 4.18. The Balaban J connectivity index is 1.83. The van der Waals surface area contributed by atoms with E-state index in [1.807, 2.05) is 19.9 Å². The number of Topliss-reactive ketones (excluding diaryl/α,β-unsaturated/α-hetero) is 1. The molecule has 1 aromatic carbocycles. The summed E-state index contributed by atoms with van der Waals surface area (Å²) in [5.41, 5.74) is 0.242. The van der Waals surface area contributed by atoms with Crippen molar-refractivity contribution < 1.29 is 18.7 Å². The summed E-state index contributed by atoms with van der Waals surface area (Å²) in [6.07, 6.45) is 2.29. The summed E-state index contributed by atoms with van der Waals surface area (Å²) in [5.74, 6) is 0.429. The number of benzene rings is 1. The minimum Gasteiger partial charge on any atom is -0.491 e. The number of likely N-dealkylation sites (tertiary alicyclic amines) is 1. The quantitative estimate of drug-likeness (QED) is 0.753. The Morgan fingerprint density at radius 3 is 2.74 bits per heavy atom. The Kier molecular flexibility index (Phi) is 4.78. The zero-order valence-electron chi connectivity index (χ0n) is 15.9. The summed E-state index contributed by atoms with van der Waals surface area (Å²) in [7, 11) is 0. The van der Waals surface area contributed by atoms with Crippen molar-refractivity contribution in [1.82, 2.24) is 4.90 Å². The molecule has 0 bridgehead atoms. The topological polar surface area (TPSA) is 69.0 Å². The summed E-state index contributed by atoms with van der Waals surface area (Å²) in [6.45, 7) is 7.43. The number of rotatable bonds is 5. The van der Waals surface area contributed by atoms with E-state index in [1.54, 1.807) is 6.07 Å². The Bertz CT molecular complexity index is 928. The van der Waals surface area contributed by atoms with Crippen molar-refractivity contribution in [2.24, 2.45) is 5.41 Å². The van der Waals surface area contributed by atoms with Crippen molar-refractivity contribution in [2.75, 3.05) is 39.5 Å². The summed E-state index contributed by atoms with van der Waals surface area (Å²) in [4.78, 5) is 28.0. The molecule has 0 aliphatic carbocycles. The highest BCUT2D eigenvalue weighted by Crippen LogP contribution is 2.40. The zero-order chi connectivity index (χ0) is 19.0. The maximum atomic E-state index is 13.7. The number of carbonyl (C=O) groups is 1. The minimum absolute atomic E-state index is 0.0524. The lowest BCUT2D eigenvalue weighted by atomic mass is 9.78. The summed E-state index contributed by atoms with van der Waals surface area (Å²) in [5, 5.41) is 0.763. The van der Waals surface area contributed by atoms with Crippen molar-refractivity contribution in [3.05, 3.63) is 39.7 Å². The Morgan fingerprint density at radius 1 is 1.22 bits per heavy atom. The molecule has 0 N–H and O–H groups in total. The van der Waals surface area contributed by atoms with Crippen LogP contribution >= 0.6 is 0 Å². The lowest BCUT2D eigenvalue weighted by Gasteiger charge is -2.38. The van der Waals surface area contributed by atoms with Crippen molar-refractivity contribution in [1.29, 1.82) is 0 Å². The maximum absolute atomic E-state index is 13.7. The van der Waals surface area contributed by atoms with Gasteiger partial charge in [-0.1, -0.05) is 0 Å². The minimum atomic E-state index is -0.788. The van der Waals surface area contributed by atoms with Crippen LogP contribution in [0.5, 0.6) is 5.75 Å². The van der Waals surface area contributed by atoms with E-state index in [-0.39, 0.29) is 12.4 Å². The highest BCUT2D eigenvalue weighted by Gasteiger charge is 2.47. The smallest absolute Gasteiger partial charge is 0.336 e. The number of nitrogens with zero attached hydrogens (tertiary/aromatic N) is 1. The van der Waals surface area contributed by atoms with Crippen LogP contribution in [0, 0.1) is 12.3 Å². The standard InChI is InChI=1S/C21H25NO5/c1-3-25-12-21(11-22-8-4-5-9-22)13-26-16-7-6-15-14(2)10-17(23)27-19(15)18(16)20(21)24/h6-7,10H,3-5,8-9,11-13H2,1-2H3. The summed E-state index contributed by atoms with van der Waals surface area (Å²) in [6, 6.07) is 5.08. The van der Waals surface area contributed by atoms with Crippen molar-refractivity contribution in [3.63, 3.8) is 0 Å². The fourth-order valence-corrected chi connectivity index (χ4v) is 4.18. The fraction of sp³-hybridized carbons (Fsp3) is 0.524. The van der Waals surface area contributed by atoms with Crippen molar-refractivity contribution >= 4 is 16.8 Å². The van der Waals surface area contributed by atoms with Gasteiger partial charge in [-0.15, -0.1) is 0 Å². The molecule has 6 heteroatoms. The molecule has 0 radical (unpaired) electrons. The van der Waals surface area contributed by atoms with Gasteiger partial charge >= 0.3 is 5.63 Å². The average molecular weight is 371 g/mol. The van der Waals surface area contributed by atoms with Crippen LogP contribution in [0.15, 0.2) is 27.4 Å². The van der Waals surface area contributed by atoms with E-state index in [1.165, 1.54) is 6.07 Å². The first kappa shape index (κ1) is 18.2. The van der Waals surface area contributed by atoms with Crippen molar-refractivity contribution in [3.8, 4) is 5.75 Å². The number of carbonyl (C=O) groups excluding carboxylic acids is 1. The van der Waals surface area contributed by atoms with Gasteiger partial charge in [0.25, 0.3) is 0 Å². The summed E-state index contributed by atoms with van der Waals surface area (Å²) >= 11 is 0. The van der Waals surface area contributed by atoms with Gasteiger partial charge in [0, 0.05) is 24.6 Å². The van der Waals surface area contributed by atoms with Gasteiger partial charge < -0.3 is 18.8 Å². The second-order valence-electron chi connectivity index (χ2n) is 7.58. The number of ether oxygens (including phenoxy) is 2. The van der Waals surface area contributed by atoms with Crippen LogP contribution in [0.3, 0.4) is 0 Å². The van der Waals surface area contributed by atoms with Crippen LogP contribution in [-0.2, 0) is 4.74 Å². The second kappa shape index (κ2) is 7.09. The molecule has 4 rings (SSSR count). The molecule has 6 nitrogen and oxygen atoms in total. The molecular formula is C21H25NO5. The highest BCUT2D eigenvalue weighted by molar-refractivity contribution is 6.12. The molecule has 1 fully saturated rings. The Hall–Kier alpha value is -2.18. The molecule has 0 saturated carbocycles. The first-order chi connectivity index (χ1) is 13.0. The molecule has 0 amide bonds. The molecule has 144 valence electrons.